The molecule has 0 fully saturated rings. The summed E-state index contributed by atoms with van der Waals surface area (Å²) in [6.07, 6.45) is 9.03. The number of pyridine rings is 1. The van der Waals surface area contributed by atoms with Crippen LogP contribution in [-0.2, 0) is 6.42 Å². The van der Waals surface area contributed by atoms with Gasteiger partial charge < -0.3 is 10.2 Å². The smallest absolute Gasteiger partial charge is 0.273 e. The number of hydrogen-bond donors (Lipinski definition) is 1. The molecule has 0 aliphatic rings. The highest BCUT2D eigenvalue weighted by Gasteiger charge is 2.13. The first-order valence-corrected chi connectivity index (χ1v) is 7.02. The number of aromatic nitrogens is 3. The van der Waals surface area contributed by atoms with Crippen molar-refractivity contribution >= 4 is 11.7 Å². The maximum atomic E-state index is 12.3. The van der Waals surface area contributed by atoms with Crippen LogP contribution in [0, 0.1) is 0 Å². The van der Waals surface area contributed by atoms with Crippen LogP contribution in [0.3, 0.4) is 0 Å². The lowest BCUT2D eigenvalue weighted by Crippen LogP contribution is -2.29. The van der Waals surface area contributed by atoms with Gasteiger partial charge in [0.25, 0.3) is 5.91 Å². The first-order valence-electron chi connectivity index (χ1n) is 7.02. The number of rotatable bonds is 7. The van der Waals surface area contributed by atoms with Crippen LogP contribution in [0.2, 0.25) is 0 Å². The molecule has 0 aliphatic heterocycles. The minimum Gasteiger partial charge on any atom is -0.365 e. The van der Waals surface area contributed by atoms with Gasteiger partial charge in [-0.1, -0.05) is 6.08 Å². The Morgan fingerprint density at radius 3 is 2.73 bits per heavy atom. The van der Waals surface area contributed by atoms with Crippen LogP contribution in [-0.4, -0.2) is 45.9 Å². The molecule has 0 bridgehead atoms. The summed E-state index contributed by atoms with van der Waals surface area (Å²) in [6, 6.07) is 3.89. The maximum Gasteiger partial charge on any atom is 0.273 e. The van der Waals surface area contributed by atoms with E-state index in [-0.39, 0.29) is 5.91 Å². The highest BCUT2D eigenvalue weighted by atomic mass is 16.2. The lowest BCUT2D eigenvalue weighted by molar-refractivity contribution is 0.0790. The van der Waals surface area contributed by atoms with Crippen molar-refractivity contribution in [3.63, 3.8) is 0 Å². The molecule has 22 heavy (non-hydrogen) atoms. The van der Waals surface area contributed by atoms with Gasteiger partial charge in [-0.15, -0.1) is 6.58 Å². The van der Waals surface area contributed by atoms with Crippen LogP contribution < -0.4 is 5.32 Å². The molecule has 1 amide bonds. The Balaban J connectivity index is 1.91. The van der Waals surface area contributed by atoms with Gasteiger partial charge >= 0.3 is 0 Å². The fourth-order valence-corrected chi connectivity index (χ4v) is 1.85. The lowest BCUT2D eigenvalue weighted by Gasteiger charge is -2.16. The molecule has 0 aliphatic carbocycles. The Morgan fingerprint density at radius 1 is 1.32 bits per heavy atom. The van der Waals surface area contributed by atoms with Crippen LogP contribution in [0.1, 0.15) is 16.1 Å². The average Bonchev–Trinajstić information content (AvgIpc) is 2.58. The van der Waals surface area contributed by atoms with E-state index in [0.717, 1.165) is 12.0 Å². The second kappa shape index (κ2) is 7.87. The van der Waals surface area contributed by atoms with Gasteiger partial charge in [0.1, 0.15) is 11.5 Å². The Bertz CT molecular complexity index is 612. The van der Waals surface area contributed by atoms with Crippen LogP contribution >= 0.6 is 0 Å². The van der Waals surface area contributed by atoms with E-state index in [1.807, 2.05) is 12.1 Å². The number of nitrogens with one attached hydrogen (secondary N) is 1. The predicted molar refractivity (Wildman–Crippen MR) is 85.6 cm³/mol. The summed E-state index contributed by atoms with van der Waals surface area (Å²) in [6.45, 7) is 4.83. The molecule has 1 N–H and O–H groups in total. The van der Waals surface area contributed by atoms with Crippen LogP contribution in [0.5, 0.6) is 0 Å². The van der Waals surface area contributed by atoms with E-state index in [4.69, 9.17) is 0 Å². The summed E-state index contributed by atoms with van der Waals surface area (Å²) >= 11 is 0. The second-order valence-electron chi connectivity index (χ2n) is 4.79. The van der Waals surface area contributed by atoms with Gasteiger partial charge in [0.05, 0.1) is 12.4 Å². The van der Waals surface area contributed by atoms with E-state index < -0.39 is 0 Å². The number of likely N-dealkylation sites (N-methyl/N-ethyl adjacent to an activating group) is 1. The summed E-state index contributed by atoms with van der Waals surface area (Å²) in [4.78, 5) is 26.2. The van der Waals surface area contributed by atoms with Crippen LogP contribution in [0.4, 0.5) is 5.82 Å². The van der Waals surface area contributed by atoms with Gasteiger partial charge in [-0.25, -0.2) is 9.97 Å². The standard InChI is InChI=1S/C16H19N5O/c1-3-7-18-15-12-19-14(11-20-15)16(22)21(2)10-6-13-4-8-17-9-5-13/h3-5,8-9,11-12H,1,6-7,10H2,2H3,(H,18,20). The third-order valence-electron chi connectivity index (χ3n) is 3.13. The fraction of sp³-hybridized carbons (Fsp3) is 0.250. The molecular weight excluding hydrogens is 278 g/mol. The normalized spacial score (nSPS) is 10.0. The summed E-state index contributed by atoms with van der Waals surface area (Å²) < 4.78 is 0. The number of anilines is 1. The third-order valence-corrected chi connectivity index (χ3v) is 3.13. The monoisotopic (exact) mass is 297 g/mol. The van der Waals surface area contributed by atoms with Gasteiger partial charge in [-0.3, -0.25) is 9.78 Å². The fourth-order valence-electron chi connectivity index (χ4n) is 1.85. The molecule has 0 saturated carbocycles. The Morgan fingerprint density at radius 2 is 2.09 bits per heavy atom. The minimum absolute atomic E-state index is 0.142. The molecule has 0 unspecified atom stereocenters. The predicted octanol–water partition coefficient (Wildman–Crippen LogP) is 1.78. The van der Waals surface area contributed by atoms with Gasteiger partial charge in [0, 0.05) is 32.5 Å². The zero-order valence-corrected chi connectivity index (χ0v) is 12.6. The summed E-state index contributed by atoms with van der Waals surface area (Å²) in [5, 5.41) is 3.01. The van der Waals surface area contributed by atoms with E-state index in [1.165, 1.54) is 6.20 Å². The SMILES string of the molecule is C=CCNc1cnc(C(=O)N(C)CCc2ccncc2)cn1. The molecule has 6 heteroatoms. The highest BCUT2D eigenvalue weighted by molar-refractivity contribution is 5.91. The van der Waals surface area contributed by atoms with E-state index in [1.54, 1.807) is 36.6 Å². The molecule has 0 atom stereocenters. The van der Waals surface area contributed by atoms with Crippen LogP contribution in [0.15, 0.2) is 49.6 Å². The van der Waals surface area contributed by atoms with Crippen molar-refractivity contribution in [2.24, 2.45) is 0 Å². The van der Waals surface area contributed by atoms with Gasteiger partial charge in [-0.2, -0.15) is 0 Å². The summed E-state index contributed by atoms with van der Waals surface area (Å²) in [7, 11) is 1.76. The van der Waals surface area contributed by atoms with Crippen molar-refractivity contribution in [2.45, 2.75) is 6.42 Å². The molecule has 2 aromatic rings. The van der Waals surface area contributed by atoms with E-state index in [9.17, 15) is 4.79 Å². The molecule has 114 valence electrons. The number of hydrogen-bond acceptors (Lipinski definition) is 5. The largest absolute Gasteiger partial charge is 0.365 e. The Hall–Kier alpha value is -2.76. The number of amides is 1. The molecular formula is C16H19N5O. The van der Waals surface area contributed by atoms with Crippen molar-refractivity contribution < 1.29 is 4.79 Å². The summed E-state index contributed by atoms with van der Waals surface area (Å²) in [5.74, 6) is 0.479. The van der Waals surface area contributed by atoms with Crippen molar-refractivity contribution in [3.8, 4) is 0 Å². The molecule has 0 radical (unpaired) electrons. The summed E-state index contributed by atoms with van der Waals surface area (Å²) in [5.41, 5.74) is 1.48. The number of nitrogens with zero attached hydrogens (tertiary/aromatic N) is 4. The Kier molecular flexibility index (Phi) is 5.59. The molecule has 6 nitrogen and oxygen atoms in total. The maximum absolute atomic E-state index is 12.3. The van der Waals surface area contributed by atoms with Crippen LogP contribution in [0.25, 0.3) is 0 Å². The van der Waals surface area contributed by atoms with E-state index >= 15 is 0 Å². The van der Waals surface area contributed by atoms with Crippen molar-refractivity contribution in [3.05, 3.63) is 60.8 Å². The van der Waals surface area contributed by atoms with Gasteiger partial charge in [0.2, 0.25) is 0 Å². The first kappa shape index (κ1) is 15.6. The molecule has 2 rings (SSSR count). The quantitative estimate of drug-likeness (QED) is 0.789. The first-order chi connectivity index (χ1) is 10.7. The molecule has 2 aromatic heterocycles. The van der Waals surface area contributed by atoms with E-state index in [0.29, 0.717) is 24.6 Å². The zero-order chi connectivity index (χ0) is 15.8. The molecule has 0 spiro atoms. The second-order valence-corrected chi connectivity index (χ2v) is 4.79. The topological polar surface area (TPSA) is 71.0 Å². The van der Waals surface area contributed by atoms with E-state index in [2.05, 4.69) is 26.8 Å². The van der Waals surface area contributed by atoms with Crippen molar-refractivity contribution in [2.75, 3.05) is 25.5 Å². The Labute approximate surface area is 129 Å². The average molecular weight is 297 g/mol. The van der Waals surface area contributed by atoms with Gasteiger partial charge in [-0.05, 0) is 24.1 Å². The molecule has 0 aromatic carbocycles. The number of carbonyl (C=O) groups is 1. The van der Waals surface area contributed by atoms with Crippen molar-refractivity contribution in [1.82, 2.24) is 19.9 Å². The highest BCUT2D eigenvalue weighted by Crippen LogP contribution is 2.05. The lowest BCUT2D eigenvalue weighted by atomic mass is 10.2. The third kappa shape index (κ3) is 4.37. The minimum atomic E-state index is -0.142. The van der Waals surface area contributed by atoms with Gasteiger partial charge in [0.15, 0.2) is 0 Å². The number of carbonyl (C=O) groups excluding carboxylic acids is 1. The zero-order valence-electron chi connectivity index (χ0n) is 12.6. The molecule has 0 saturated heterocycles. The van der Waals surface area contributed by atoms with Crippen molar-refractivity contribution in [1.29, 1.82) is 0 Å². The molecule has 2 heterocycles.